The van der Waals surface area contributed by atoms with Crippen LogP contribution in [0.1, 0.15) is 11.4 Å². The Labute approximate surface area is 110 Å². The summed E-state index contributed by atoms with van der Waals surface area (Å²) in [6.07, 6.45) is 0. The van der Waals surface area contributed by atoms with Gasteiger partial charge in [0.25, 0.3) is 5.56 Å². The van der Waals surface area contributed by atoms with Crippen molar-refractivity contribution in [2.75, 3.05) is 0 Å². The Morgan fingerprint density at radius 3 is 2.47 bits per heavy atom. The maximum atomic E-state index is 12.3. The molecule has 0 aliphatic heterocycles. The Hall–Kier alpha value is -2.30. The van der Waals surface area contributed by atoms with Crippen LogP contribution in [0.5, 0.6) is 0 Å². The molecule has 2 heterocycles. The van der Waals surface area contributed by atoms with Gasteiger partial charge in [-0.1, -0.05) is 30.3 Å². The summed E-state index contributed by atoms with van der Waals surface area (Å²) in [4.78, 5) is 16.8. The lowest BCUT2D eigenvalue weighted by molar-refractivity contribution is 0.588. The van der Waals surface area contributed by atoms with Gasteiger partial charge >= 0.3 is 0 Å². The van der Waals surface area contributed by atoms with Gasteiger partial charge in [-0.25, -0.2) is 4.98 Å². The molecule has 0 fully saturated rings. The molecule has 0 saturated heterocycles. The van der Waals surface area contributed by atoms with Crippen molar-refractivity contribution in [2.24, 2.45) is 14.1 Å². The first kappa shape index (κ1) is 11.8. The summed E-state index contributed by atoms with van der Waals surface area (Å²) >= 11 is 0. The number of nitrogens with zero attached hydrogens (tertiary/aromatic N) is 4. The van der Waals surface area contributed by atoms with Gasteiger partial charge in [0.15, 0.2) is 11.2 Å². The second-order valence-corrected chi connectivity index (χ2v) is 4.76. The largest absolute Gasteiger partial charge is 0.318 e. The summed E-state index contributed by atoms with van der Waals surface area (Å²) in [5.41, 5.74) is 2.57. The van der Waals surface area contributed by atoms with Crippen LogP contribution in [-0.2, 0) is 20.6 Å². The van der Waals surface area contributed by atoms with Crippen LogP contribution in [0.15, 0.2) is 35.1 Å². The summed E-state index contributed by atoms with van der Waals surface area (Å²) in [6, 6.07) is 10.1. The zero-order chi connectivity index (χ0) is 13.6. The van der Waals surface area contributed by atoms with Gasteiger partial charge in [-0.15, -0.1) is 0 Å². The van der Waals surface area contributed by atoms with Crippen molar-refractivity contribution < 1.29 is 0 Å². The van der Waals surface area contributed by atoms with Crippen molar-refractivity contribution in [2.45, 2.75) is 13.5 Å². The number of aryl methyl sites for hydroxylation is 2. The molecule has 0 radical (unpaired) electrons. The fourth-order valence-corrected chi connectivity index (χ4v) is 2.38. The van der Waals surface area contributed by atoms with Gasteiger partial charge in [0.2, 0.25) is 0 Å². The number of rotatable bonds is 2. The number of hydrogen-bond acceptors (Lipinski definition) is 2. The monoisotopic (exact) mass is 256 g/mol. The van der Waals surface area contributed by atoms with Crippen molar-refractivity contribution in [1.29, 1.82) is 0 Å². The number of benzene rings is 1. The molecule has 5 heteroatoms. The first-order chi connectivity index (χ1) is 9.09. The van der Waals surface area contributed by atoms with Crippen LogP contribution >= 0.6 is 0 Å². The summed E-state index contributed by atoms with van der Waals surface area (Å²) in [7, 11) is 3.61. The molecule has 0 saturated carbocycles. The minimum Gasteiger partial charge on any atom is -0.318 e. The molecular formula is C14H16N4O. The van der Waals surface area contributed by atoms with Crippen LogP contribution in [0, 0.1) is 6.92 Å². The number of fused-ring (bicyclic) bond motifs is 1. The first-order valence-corrected chi connectivity index (χ1v) is 6.22. The fraction of sp³-hybridized carbons (Fsp3) is 0.286. The van der Waals surface area contributed by atoms with E-state index in [0.29, 0.717) is 12.1 Å². The summed E-state index contributed by atoms with van der Waals surface area (Å²) in [5, 5.41) is 0. The highest BCUT2D eigenvalue weighted by Gasteiger charge is 2.17. The van der Waals surface area contributed by atoms with Crippen molar-refractivity contribution in [3.8, 4) is 0 Å². The molecule has 98 valence electrons. The van der Waals surface area contributed by atoms with Gasteiger partial charge < -0.3 is 4.57 Å². The molecule has 1 aromatic carbocycles. The molecule has 2 aromatic heterocycles. The Morgan fingerprint density at radius 2 is 1.79 bits per heavy atom. The first-order valence-electron chi connectivity index (χ1n) is 6.22. The Morgan fingerprint density at radius 1 is 1.11 bits per heavy atom. The van der Waals surface area contributed by atoms with Gasteiger partial charge in [0, 0.05) is 20.6 Å². The van der Waals surface area contributed by atoms with Crippen molar-refractivity contribution in [1.82, 2.24) is 18.9 Å². The van der Waals surface area contributed by atoms with Crippen molar-refractivity contribution >= 4 is 11.2 Å². The van der Waals surface area contributed by atoms with E-state index in [-0.39, 0.29) is 5.56 Å². The molecule has 19 heavy (non-hydrogen) atoms. The smallest absolute Gasteiger partial charge is 0.292 e. The predicted molar refractivity (Wildman–Crippen MR) is 74.2 cm³/mol. The van der Waals surface area contributed by atoms with Crippen LogP contribution < -0.4 is 5.56 Å². The van der Waals surface area contributed by atoms with Crippen LogP contribution in [-0.4, -0.2) is 18.9 Å². The van der Waals surface area contributed by atoms with Crippen molar-refractivity contribution in [3.63, 3.8) is 0 Å². The molecule has 0 unspecified atom stereocenters. The zero-order valence-electron chi connectivity index (χ0n) is 11.3. The van der Waals surface area contributed by atoms with E-state index in [1.54, 1.807) is 16.4 Å². The second-order valence-electron chi connectivity index (χ2n) is 4.76. The summed E-state index contributed by atoms with van der Waals surface area (Å²) in [6.45, 7) is 2.60. The topological polar surface area (TPSA) is 44.8 Å². The normalized spacial score (nSPS) is 11.3. The Balaban J connectivity index is 2.21. The molecule has 5 nitrogen and oxygen atoms in total. The molecule has 0 spiro atoms. The number of hydrogen-bond donors (Lipinski definition) is 0. The van der Waals surface area contributed by atoms with E-state index in [2.05, 4.69) is 17.1 Å². The minimum absolute atomic E-state index is 0.00553. The van der Waals surface area contributed by atoms with Crippen LogP contribution in [0.25, 0.3) is 11.2 Å². The van der Waals surface area contributed by atoms with Crippen LogP contribution in [0.3, 0.4) is 0 Å². The van der Waals surface area contributed by atoms with Gasteiger partial charge in [0.1, 0.15) is 5.82 Å². The Bertz CT molecular complexity index is 792. The highest BCUT2D eigenvalue weighted by atomic mass is 16.1. The van der Waals surface area contributed by atoms with Gasteiger partial charge in [-0.05, 0) is 12.5 Å². The molecule has 0 aliphatic carbocycles. The highest BCUT2D eigenvalue weighted by Crippen LogP contribution is 2.14. The predicted octanol–water partition coefficient (Wildman–Crippen LogP) is 1.43. The van der Waals surface area contributed by atoms with Crippen LogP contribution in [0.4, 0.5) is 0 Å². The third kappa shape index (κ3) is 1.69. The Kier molecular flexibility index (Phi) is 2.55. The number of imidazole rings is 1. The minimum atomic E-state index is -0.00553. The molecular weight excluding hydrogens is 240 g/mol. The molecule has 0 atom stereocenters. The lowest BCUT2D eigenvalue weighted by Gasteiger charge is -2.05. The van der Waals surface area contributed by atoms with E-state index in [1.165, 1.54) is 0 Å². The molecule has 0 aliphatic rings. The van der Waals surface area contributed by atoms with E-state index in [1.807, 2.05) is 36.7 Å². The van der Waals surface area contributed by atoms with E-state index < -0.39 is 0 Å². The second kappa shape index (κ2) is 4.12. The molecule has 0 bridgehead atoms. The van der Waals surface area contributed by atoms with E-state index in [4.69, 9.17) is 0 Å². The van der Waals surface area contributed by atoms with E-state index in [0.717, 1.165) is 17.0 Å². The molecule has 3 rings (SSSR count). The third-order valence-electron chi connectivity index (χ3n) is 3.58. The van der Waals surface area contributed by atoms with E-state index >= 15 is 0 Å². The quantitative estimate of drug-likeness (QED) is 0.696. The maximum absolute atomic E-state index is 12.3. The molecule has 0 N–H and O–H groups in total. The average Bonchev–Trinajstić information content (AvgIpc) is 2.84. The van der Waals surface area contributed by atoms with E-state index in [9.17, 15) is 4.79 Å². The summed E-state index contributed by atoms with van der Waals surface area (Å²) < 4.78 is 5.34. The number of aromatic nitrogens is 4. The zero-order valence-corrected chi connectivity index (χ0v) is 11.3. The lowest BCUT2D eigenvalue weighted by atomic mass is 10.2. The van der Waals surface area contributed by atoms with Crippen molar-refractivity contribution in [3.05, 3.63) is 52.1 Å². The van der Waals surface area contributed by atoms with Gasteiger partial charge in [-0.2, -0.15) is 0 Å². The average molecular weight is 256 g/mol. The van der Waals surface area contributed by atoms with Crippen LogP contribution in [0.2, 0.25) is 0 Å². The lowest BCUT2D eigenvalue weighted by Crippen LogP contribution is -2.19. The summed E-state index contributed by atoms with van der Waals surface area (Å²) in [5.74, 6) is 0.863. The van der Waals surface area contributed by atoms with Gasteiger partial charge in [0.05, 0.1) is 0 Å². The maximum Gasteiger partial charge on any atom is 0.292 e. The highest BCUT2D eigenvalue weighted by molar-refractivity contribution is 5.71. The SMILES string of the molecule is Cc1nc2c(c(=O)n(C)n2C)n1Cc1ccccc1. The molecule has 3 aromatic rings. The third-order valence-corrected chi connectivity index (χ3v) is 3.58. The fourth-order valence-electron chi connectivity index (χ4n) is 2.38. The molecule has 0 amide bonds. The van der Waals surface area contributed by atoms with Gasteiger partial charge in [-0.3, -0.25) is 14.2 Å². The standard InChI is InChI=1S/C14H16N4O/c1-10-15-13-12(14(19)17(3)16(13)2)18(10)9-11-7-5-4-6-8-11/h4-8H,9H2,1-3H3.